The highest BCUT2D eigenvalue weighted by molar-refractivity contribution is 6.24. The fraction of sp³-hybridized carbons (Fsp3) is 0.571. The normalized spacial score (nSPS) is 9.50. The van der Waals surface area contributed by atoms with Crippen LogP contribution in [0.2, 0.25) is 0 Å². The molecule has 0 atom stereocenters. The predicted octanol–water partition coefficient (Wildman–Crippen LogP) is -2.78. The van der Waals surface area contributed by atoms with Gasteiger partial charge in [-0.3, -0.25) is 4.23 Å². The second-order valence-corrected chi connectivity index (χ2v) is 3.16. The quantitative estimate of drug-likeness (QED) is 0.384. The van der Waals surface area contributed by atoms with E-state index in [1.165, 1.54) is 0 Å². The lowest BCUT2D eigenvalue weighted by Gasteiger charge is -1.90. The predicted molar refractivity (Wildman–Crippen MR) is 43.1 cm³/mol. The summed E-state index contributed by atoms with van der Waals surface area (Å²) in [4.78, 5) is 0. The lowest BCUT2D eigenvalue weighted by molar-refractivity contribution is -0.692. The van der Waals surface area contributed by atoms with Gasteiger partial charge in [0.25, 0.3) is 0 Å². The van der Waals surface area contributed by atoms with Crippen LogP contribution in [0.5, 0.6) is 0 Å². The van der Waals surface area contributed by atoms with E-state index in [4.69, 9.17) is 4.43 Å². The van der Waals surface area contributed by atoms with Crippen molar-refractivity contribution < 1.29 is 21.4 Å². The number of nitrogens with zero attached hydrogens (tertiary/aromatic N) is 2. The van der Waals surface area contributed by atoms with Crippen LogP contribution in [-0.2, 0) is 11.0 Å². The van der Waals surface area contributed by atoms with Gasteiger partial charge in [0.2, 0.25) is 6.33 Å². The van der Waals surface area contributed by atoms with Gasteiger partial charge in [0.05, 0.1) is 6.54 Å². The number of imidazole rings is 1. The van der Waals surface area contributed by atoms with Crippen LogP contribution in [0.4, 0.5) is 0 Å². The van der Waals surface area contributed by atoms with E-state index in [1.54, 1.807) is 0 Å². The molecular weight excluding hydrogens is 192 g/mol. The molecule has 0 amide bonds. The van der Waals surface area contributed by atoms with Gasteiger partial charge in [-0.25, -0.2) is 4.57 Å². The average Bonchev–Trinajstić information content (AvgIpc) is 2.48. The SMILES string of the molecule is CCO[Si]n1cc[n+](CC)c1.[Cl-]. The van der Waals surface area contributed by atoms with Gasteiger partial charge in [-0.15, -0.1) is 0 Å². The molecule has 68 valence electrons. The van der Waals surface area contributed by atoms with E-state index in [9.17, 15) is 0 Å². The zero-order chi connectivity index (χ0) is 8.10. The Morgan fingerprint density at radius 3 is 2.75 bits per heavy atom. The molecule has 1 rings (SSSR count). The molecule has 0 aliphatic heterocycles. The molecule has 0 N–H and O–H groups in total. The molecule has 0 bridgehead atoms. The van der Waals surface area contributed by atoms with Crippen LogP contribution in [0.1, 0.15) is 13.8 Å². The van der Waals surface area contributed by atoms with Crippen LogP contribution >= 0.6 is 0 Å². The minimum atomic E-state index is 0. The summed E-state index contributed by atoms with van der Waals surface area (Å²) in [5.74, 6) is 0. The summed E-state index contributed by atoms with van der Waals surface area (Å²) in [6.07, 6.45) is 6.12. The number of hydrogen-bond acceptors (Lipinski definition) is 1. The molecule has 1 aromatic heterocycles. The molecule has 0 unspecified atom stereocenters. The molecule has 0 spiro atoms. The monoisotopic (exact) mass is 204 g/mol. The second kappa shape index (κ2) is 6.22. The topological polar surface area (TPSA) is 18.0 Å². The van der Waals surface area contributed by atoms with Crippen molar-refractivity contribution in [3.8, 4) is 0 Å². The molecule has 0 saturated heterocycles. The molecule has 0 aromatic carbocycles. The molecule has 1 heterocycles. The highest BCUT2D eigenvalue weighted by Gasteiger charge is 2.04. The smallest absolute Gasteiger partial charge is 0.546 e. The maximum atomic E-state index is 5.25. The standard InChI is InChI=1S/C7H13N2OSi.ClH/c1-3-8-5-6-9(7-8)11-10-4-2;/h5-7H,3-4H2,1-2H3;1H/q+1;/p-1. The molecule has 12 heavy (non-hydrogen) atoms. The van der Waals surface area contributed by atoms with Crippen LogP contribution in [0.15, 0.2) is 18.7 Å². The zero-order valence-corrected chi connectivity index (χ0v) is 9.08. The lowest BCUT2D eigenvalue weighted by Crippen LogP contribution is -3.00. The Bertz CT molecular complexity index is 217. The largest absolute Gasteiger partial charge is 1.00 e. The van der Waals surface area contributed by atoms with E-state index < -0.39 is 0 Å². The van der Waals surface area contributed by atoms with Gasteiger partial charge in [-0.1, -0.05) is 0 Å². The third kappa shape index (κ3) is 3.38. The Balaban J connectivity index is 0.00000121. The van der Waals surface area contributed by atoms with Crippen LogP contribution in [0.3, 0.4) is 0 Å². The summed E-state index contributed by atoms with van der Waals surface area (Å²) in [6.45, 7) is 5.92. The number of halogens is 1. The van der Waals surface area contributed by atoms with Crippen molar-refractivity contribution in [2.75, 3.05) is 6.61 Å². The third-order valence-electron chi connectivity index (χ3n) is 1.37. The Hall–Kier alpha value is -0.323. The Labute approximate surface area is 81.8 Å². The maximum Gasteiger partial charge on any atom is 0.546 e. The highest BCUT2D eigenvalue weighted by Crippen LogP contribution is 1.80. The van der Waals surface area contributed by atoms with E-state index >= 15 is 0 Å². The average molecular weight is 205 g/mol. The van der Waals surface area contributed by atoms with Crippen molar-refractivity contribution in [3.63, 3.8) is 0 Å². The molecule has 0 saturated carbocycles. The molecule has 0 fully saturated rings. The summed E-state index contributed by atoms with van der Waals surface area (Å²) < 4.78 is 9.42. The van der Waals surface area contributed by atoms with Crippen LogP contribution < -0.4 is 17.0 Å². The highest BCUT2D eigenvalue weighted by atomic mass is 35.5. The minimum Gasteiger partial charge on any atom is -1.00 e. The van der Waals surface area contributed by atoms with Crippen molar-refractivity contribution in [3.05, 3.63) is 18.7 Å². The Morgan fingerprint density at radius 1 is 1.50 bits per heavy atom. The van der Waals surface area contributed by atoms with Crippen molar-refractivity contribution in [2.24, 2.45) is 0 Å². The summed E-state index contributed by atoms with van der Waals surface area (Å²) in [7, 11) is 0.424. The van der Waals surface area contributed by atoms with Crippen LogP contribution in [-0.4, -0.2) is 20.8 Å². The fourth-order valence-corrected chi connectivity index (χ4v) is 1.38. The van der Waals surface area contributed by atoms with E-state index in [1.807, 2.05) is 29.9 Å². The number of aromatic nitrogens is 2. The molecule has 3 nitrogen and oxygen atoms in total. The van der Waals surface area contributed by atoms with Gasteiger partial charge in [0.1, 0.15) is 12.4 Å². The summed E-state index contributed by atoms with van der Waals surface area (Å²) in [6, 6.07) is 0. The molecule has 1 aromatic rings. The van der Waals surface area contributed by atoms with Gasteiger partial charge >= 0.3 is 9.92 Å². The van der Waals surface area contributed by atoms with Crippen molar-refractivity contribution in [1.82, 2.24) is 4.23 Å². The van der Waals surface area contributed by atoms with Gasteiger partial charge in [-0.05, 0) is 13.8 Å². The summed E-state index contributed by atoms with van der Waals surface area (Å²) in [5.41, 5.74) is 0. The van der Waals surface area contributed by atoms with E-state index in [2.05, 4.69) is 11.5 Å². The first-order chi connectivity index (χ1) is 5.36. The van der Waals surface area contributed by atoms with Gasteiger partial charge in [0, 0.05) is 6.61 Å². The van der Waals surface area contributed by atoms with E-state index in [-0.39, 0.29) is 12.4 Å². The molecule has 5 heteroatoms. The number of rotatable bonds is 4. The van der Waals surface area contributed by atoms with Crippen molar-refractivity contribution in [1.29, 1.82) is 0 Å². The van der Waals surface area contributed by atoms with Crippen LogP contribution in [0, 0.1) is 0 Å². The lowest BCUT2D eigenvalue weighted by atomic mass is 10.7. The first-order valence-corrected chi connectivity index (χ1v) is 4.67. The van der Waals surface area contributed by atoms with Crippen molar-refractivity contribution >= 4 is 9.92 Å². The summed E-state index contributed by atoms with van der Waals surface area (Å²) in [5, 5.41) is 0. The van der Waals surface area contributed by atoms with Crippen LogP contribution in [0.25, 0.3) is 0 Å². The zero-order valence-electron chi connectivity index (χ0n) is 7.33. The fourth-order valence-electron chi connectivity index (χ4n) is 0.774. The molecule has 0 aliphatic carbocycles. The second-order valence-electron chi connectivity index (χ2n) is 2.18. The maximum absolute atomic E-state index is 5.25. The minimum absolute atomic E-state index is 0. The van der Waals surface area contributed by atoms with Gasteiger partial charge < -0.3 is 16.8 Å². The summed E-state index contributed by atoms with van der Waals surface area (Å²) >= 11 is 0. The van der Waals surface area contributed by atoms with Crippen molar-refractivity contribution in [2.45, 2.75) is 20.4 Å². The van der Waals surface area contributed by atoms with Gasteiger partial charge in [0.15, 0.2) is 0 Å². The van der Waals surface area contributed by atoms with Gasteiger partial charge in [-0.2, -0.15) is 0 Å². The first-order valence-electron chi connectivity index (χ1n) is 3.81. The third-order valence-corrected chi connectivity index (χ3v) is 2.26. The number of hydrogen-bond donors (Lipinski definition) is 0. The van der Waals surface area contributed by atoms with E-state index in [0.717, 1.165) is 13.2 Å². The molecule has 0 aliphatic rings. The molecule has 2 radical (unpaired) electrons. The molecular formula is C7H13ClN2OSi. The Kier molecular flexibility index (Phi) is 6.05. The number of aryl methyl sites for hydroxylation is 1. The Morgan fingerprint density at radius 2 is 2.25 bits per heavy atom. The first kappa shape index (κ1) is 11.7. The van der Waals surface area contributed by atoms with E-state index in [0.29, 0.717) is 9.92 Å².